The molecule has 1 aliphatic heterocycles. The van der Waals surface area contributed by atoms with Gasteiger partial charge in [-0.25, -0.2) is 9.69 Å². The van der Waals surface area contributed by atoms with Crippen molar-refractivity contribution < 1.29 is 24.2 Å². The fourth-order valence-electron chi connectivity index (χ4n) is 3.38. The van der Waals surface area contributed by atoms with Gasteiger partial charge < -0.3 is 9.84 Å². The van der Waals surface area contributed by atoms with Crippen LogP contribution in [0, 0.1) is 13.8 Å². The van der Waals surface area contributed by atoms with Gasteiger partial charge >= 0.3 is 6.03 Å². The summed E-state index contributed by atoms with van der Waals surface area (Å²) >= 11 is 0. The van der Waals surface area contributed by atoms with Crippen LogP contribution in [0.5, 0.6) is 11.5 Å². The lowest BCUT2D eigenvalue weighted by Gasteiger charge is -2.27. The molecule has 0 atom stereocenters. The lowest BCUT2D eigenvalue weighted by Crippen LogP contribution is -2.54. The summed E-state index contributed by atoms with van der Waals surface area (Å²) in [5, 5.41) is 12.4. The molecule has 0 unspecified atom stereocenters. The summed E-state index contributed by atoms with van der Waals surface area (Å²) in [4.78, 5) is 38.8. The number of nitrogens with one attached hydrogen (secondary N) is 1. The molecule has 0 bridgehead atoms. The highest BCUT2D eigenvalue weighted by molar-refractivity contribution is 6.39. The van der Waals surface area contributed by atoms with E-state index < -0.39 is 17.8 Å². The van der Waals surface area contributed by atoms with Crippen LogP contribution in [0.1, 0.15) is 22.3 Å². The van der Waals surface area contributed by atoms with E-state index in [0.717, 1.165) is 16.0 Å². The number of hydrogen-bond donors (Lipinski definition) is 2. The minimum absolute atomic E-state index is 0.0361. The summed E-state index contributed by atoms with van der Waals surface area (Å²) in [7, 11) is 1.41. The third kappa shape index (κ3) is 3.96. The number of aromatic hydroxyl groups is 1. The molecule has 30 heavy (non-hydrogen) atoms. The van der Waals surface area contributed by atoms with E-state index in [9.17, 15) is 19.5 Å². The molecule has 154 valence electrons. The molecular formula is C23H22N2O5. The molecule has 1 saturated heterocycles. The SMILES string of the molecule is C=CCc1cc(/C=C2\C(=O)NC(=O)N(c3cc(C)cc(C)c3)C2=O)cc(OC)c1O. The van der Waals surface area contributed by atoms with Crippen molar-refractivity contribution in [1.82, 2.24) is 5.32 Å². The van der Waals surface area contributed by atoms with Gasteiger partial charge in [-0.05, 0) is 67.3 Å². The Labute approximate surface area is 174 Å². The van der Waals surface area contributed by atoms with Gasteiger partial charge in [-0.15, -0.1) is 6.58 Å². The Hall–Kier alpha value is -3.87. The van der Waals surface area contributed by atoms with Crippen LogP contribution in [0.15, 0.2) is 48.6 Å². The number of carbonyl (C=O) groups excluding carboxylic acids is 3. The maximum atomic E-state index is 13.1. The number of ether oxygens (including phenoxy) is 1. The third-order valence-electron chi connectivity index (χ3n) is 4.64. The molecule has 2 aromatic rings. The number of urea groups is 1. The largest absolute Gasteiger partial charge is 0.504 e. The molecule has 2 aromatic carbocycles. The maximum absolute atomic E-state index is 13.1. The number of anilines is 1. The van der Waals surface area contributed by atoms with Crippen LogP contribution in [0.25, 0.3) is 6.08 Å². The van der Waals surface area contributed by atoms with Crippen molar-refractivity contribution >= 4 is 29.6 Å². The van der Waals surface area contributed by atoms with Gasteiger partial charge in [0.2, 0.25) is 0 Å². The fraction of sp³-hybridized carbons (Fsp3) is 0.174. The number of aryl methyl sites for hydroxylation is 2. The number of amides is 4. The summed E-state index contributed by atoms with van der Waals surface area (Å²) in [5.74, 6) is -1.35. The zero-order valence-corrected chi connectivity index (χ0v) is 17.0. The monoisotopic (exact) mass is 406 g/mol. The number of rotatable bonds is 5. The quantitative estimate of drug-likeness (QED) is 0.451. The first-order valence-corrected chi connectivity index (χ1v) is 9.25. The van der Waals surface area contributed by atoms with Crippen molar-refractivity contribution in [3.05, 3.63) is 70.8 Å². The molecule has 0 spiro atoms. The Morgan fingerprint density at radius 1 is 1.10 bits per heavy atom. The van der Waals surface area contributed by atoms with E-state index in [0.29, 0.717) is 23.2 Å². The molecule has 2 N–H and O–H groups in total. The molecule has 1 heterocycles. The van der Waals surface area contributed by atoms with E-state index in [1.54, 1.807) is 24.3 Å². The van der Waals surface area contributed by atoms with Crippen molar-refractivity contribution in [1.29, 1.82) is 0 Å². The van der Waals surface area contributed by atoms with Crippen molar-refractivity contribution in [3.8, 4) is 11.5 Å². The van der Waals surface area contributed by atoms with Crippen LogP contribution in [0.4, 0.5) is 10.5 Å². The molecule has 0 saturated carbocycles. The maximum Gasteiger partial charge on any atom is 0.335 e. The van der Waals surface area contributed by atoms with E-state index in [4.69, 9.17) is 4.74 Å². The van der Waals surface area contributed by atoms with Crippen LogP contribution in [0.3, 0.4) is 0 Å². The van der Waals surface area contributed by atoms with E-state index >= 15 is 0 Å². The average molecular weight is 406 g/mol. The summed E-state index contributed by atoms with van der Waals surface area (Å²) in [6.07, 6.45) is 3.35. The Bertz CT molecular complexity index is 1080. The number of barbiturate groups is 1. The highest BCUT2D eigenvalue weighted by Gasteiger charge is 2.37. The molecule has 0 aromatic heterocycles. The molecule has 1 aliphatic rings. The van der Waals surface area contributed by atoms with E-state index in [1.807, 2.05) is 19.9 Å². The van der Waals surface area contributed by atoms with E-state index in [2.05, 4.69) is 11.9 Å². The Balaban J connectivity index is 2.09. The molecule has 0 aliphatic carbocycles. The Kier molecular flexibility index (Phi) is 5.73. The zero-order chi connectivity index (χ0) is 22.0. The molecule has 1 fully saturated rings. The second-order valence-electron chi connectivity index (χ2n) is 7.03. The summed E-state index contributed by atoms with van der Waals surface area (Å²) in [6, 6.07) is 7.65. The lowest BCUT2D eigenvalue weighted by molar-refractivity contribution is -0.122. The number of allylic oxidation sites excluding steroid dienone is 1. The molecule has 0 radical (unpaired) electrons. The van der Waals surface area contributed by atoms with Crippen molar-refractivity contribution in [3.63, 3.8) is 0 Å². The molecule has 3 rings (SSSR count). The van der Waals surface area contributed by atoms with Gasteiger partial charge in [0.25, 0.3) is 11.8 Å². The minimum atomic E-state index is -0.803. The second-order valence-corrected chi connectivity index (χ2v) is 7.03. The van der Waals surface area contributed by atoms with Crippen molar-refractivity contribution in [2.45, 2.75) is 20.3 Å². The first-order chi connectivity index (χ1) is 14.2. The van der Waals surface area contributed by atoms with Gasteiger partial charge in [-0.1, -0.05) is 12.1 Å². The fourth-order valence-corrected chi connectivity index (χ4v) is 3.38. The average Bonchev–Trinajstić information content (AvgIpc) is 2.66. The molecule has 7 heteroatoms. The number of phenols is 1. The molecule has 4 amide bonds. The Morgan fingerprint density at radius 3 is 2.37 bits per heavy atom. The van der Waals surface area contributed by atoms with Crippen molar-refractivity contribution in [2.24, 2.45) is 0 Å². The number of imide groups is 2. The van der Waals surface area contributed by atoms with Crippen LogP contribution in [-0.2, 0) is 16.0 Å². The third-order valence-corrected chi connectivity index (χ3v) is 4.64. The Morgan fingerprint density at radius 2 is 1.77 bits per heavy atom. The van der Waals surface area contributed by atoms with E-state index in [-0.39, 0.29) is 17.1 Å². The standard InChI is InChI=1S/C23H22N2O5/c1-5-6-16-10-15(12-19(30-4)20(16)26)11-18-21(27)24-23(29)25(22(18)28)17-8-13(2)7-14(3)9-17/h5,7-12,26H,1,6H2,2-4H3,(H,24,27,29)/b18-11+. The predicted octanol–water partition coefficient (Wildman–Crippen LogP) is 3.41. The highest BCUT2D eigenvalue weighted by atomic mass is 16.5. The number of phenolic OH excluding ortho intramolecular Hbond substituents is 1. The zero-order valence-electron chi connectivity index (χ0n) is 17.0. The van der Waals surface area contributed by atoms with Crippen molar-refractivity contribution in [2.75, 3.05) is 12.0 Å². The van der Waals surface area contributed by atoms with Gasteiger partial charge in [-0.2, -0.15) is 0 Å². The topological polar surface area (TPSA) is 95.9 Å². The number of carbonyl (C=O) groups is 3. The molecule has 7 nitrogen and oxygen atoms in total. The second kappa shape index (κ2) is 8.24. The van der Waals surface area contributed by atoms with Gasteiger partial charge in [0.15, 0.2) is 11.5 Å². The minimum Gasteiger partial charge on any atom is -0.504 e. The number of nitrogens with zero attached hydrogens (tertiary/aromatic N) is 1. The van der Waals surface area contributed by atoms with Gasteiger partial charge in [0, 0.05) is 5.56 Å². The van der Waals surface area contributed by atoms with E-state index in [1.165, 1.54) is 19.3 Å². The highest BCUT2D eigenvalue weighted by Crippen LogP contribution is 2.33. The van der Waals surface area contributed by atoms with Crippen LogP contribution in [0.2, 0.25) is 0 Å². The normalized spacial score (nSPS) is 15.4. The van der Waals surface area contributed by atoms with Crippen LogP contribution >= 0.6 is 0 Å². The number of hydrogen-bond acceptors (Lipinski definition) is 5. The first-order valence-electron chi connectivity index (χ1n) is 9.25. The smallest absolute Gasteiger partial charge is 0.335 e. The number of benzene rings is 2. The number of methoxy groups -OCH3 is 1. The summed E-state index contributed by atoms with van der Waals surface area (Å²) in [6.45, 7) is 7.37. The first kappa shape index (κ1) is 20.9. The van der Waals surface area contributed by atoms with Gasteiger partial charge in [0.05, 0.1) is 12.8 Å². The predicted molar refractivity (Wildman–Crippen MR) is 113 cm³/mol. The van der Waals surface area contributed by atoms with Gasteiger partial charge in [0.1, 0.15) is 5.57 Å². The summed E-state index contributed by atoms with van der Waals surface area (Å²) < 4.78 is 5.19. The van der Waals surface area contributed by atoms with Crippen LogP contribution in [-0.4, -0.2) is 30.1 Å². The molecular weight excluding hydrogens is 384 g/mol. The summed E-state index contributed by atoms with van der Waals surface area (Å²) in [5.41, 5.74) is 2.93. The van der Waals surface area contributed by atoms with Crippen LogP contribution < -0.4 is 15.0 Å². The lowest BCUT2D eigenvalue weighted by atomic mass is 10.0. The van der Waals surface area contributed by atoms with Gasteiger partial charge in [-0.3, -0.25) is 14.9 Å².